The van der Waals surface area contributed by atoms with Crippen LogP contribution < -0.4 is 5.32 Å². The van der Waals surface area contributed by atoms with Crippen LogP contribution in [0, 0.1) is 17.7 Å². The van der Waals surface area contributed by atoms with E-state index in [1.54, 1.807) is 12.1 Å². The molecule has 21 heavy (non-hydrogen) atoms. The Hall–Kier alpha value is -0.640. The molecule has 0 radical (unpaired) electrons. The van der Waals surface area contributed by atoms with Gasteiger partial charge in [0.1, 0.15) is 5.82 Å². The van der Waals surface area contributed by atoms with Crippen LogP contribution in [-0.4, -0.2) is 31.1 Å². The molecule has 1 unspecified atom stereocenters. The van der Waals surface area contributed by atoms with Gasteiger partial charge in [0.15, 0.2) is 0 Å². The van der Waals surface area contributed by atoms with Gasteiger partial charge in [0, 0.05) is 23.7 Å². The molecule has 1 aliphatic heterocycles. The second-order valence-electron chi connectivity index (χ2n) is 6.53. The summed E-state index contributed by atoms with van der Waals surface area (Å²) >= 11 is 5.80. The van der Waals surface area contributed by atoms with Gasteiger partial charge in [-0.05, 0) is 56.4 Å². The summed E-state index contributed by atoms with van der Waals surface area (Å²) in [5.41, 5.74) is 0.746. The molecule has 1 aliphatic rings. The van der Waals surface area contributed by atoms with Crippen LogP contribution in [-0.2, 0) is 6.54 Å². The Kier molecular flexibility index (Phi) is 6.46. The first-order chi connectivity index (χ1) is 10.0. The number of benzene rings is 1. The van der Waals surface area contributed by atoms with E-state index < -0.39 is 0 Å². The first kappa shape index (κ1) is 16.7. The number of hydrogen-bond acceptors (Lipinski definition) is 2. The SMILES string of the molecule is CC(C)CNCC1CCCN(Cc2ccc(Cl)cc2F)C1. The Morgan fingerprint density at radius 2 is 2.24 bits per heavy atom. The fraction of sp³-hybridized carbons (Fsp3) is 0.647. The first-order valence-electron chi connectivity index (χ1n) is 7.91. The van der Waals surface area contributed by atoms with Crippen LogP contribution in [0.1, 0.15) is 32.3 Å². The van der Waals surface area contributed by atoms with Gasteiger partial charge in [0.05, 0.1) is 0 Å². The van der Waals surface area contributed by atoms with Gasteiger partial charge in [-0.1, -0.05) is 31.5 Å². The van der Waals surface area contributed by atoms with Gasteiger partial charge in [-0.25, -0.2) is 4.39 Å². The van der Waals surface area contributed by atoms with Gasteiger partial charge in [0.2, 0.25) is 0 Å². The van der Waals surface area contributed by atoms with E-state index in [2.05, 4.69) is 24.1 Å². The van der Waals surface area contributed by atoms with Crippen LogP contribution in [0.3, 0.4) is 0 Å². The van der Waals surface area contributed by atoms with Gasteiger partial charge in [-0.3, -0.25) is 4.90 Å². The van der Waals surface area contributed by atoms with Crippen molar-refractivity contribution in [2.24, 2.45) is 11.8 Å². The summed E-state index contributed by atoms with van der Waals surface area (Å²) in [6.07, 6.45) is 2.47. The van der Waals surface area contributed by atoms with E-state index in [9.17, 15) is 4.39 Å². The van der Waals surface area contributed by atoms with Crippen molar-refractivity contribution in [1.29, 1.82) is 0 Å². The largest absolute Gasteiger partial charge is 0.316 e. The third kappa shape index (κ3) is 5.57. The summed E-state index contributed by atoms with van der Waals surface area (Å²) in [5, 5.41) is 4.00. The highest BCUT2D eigenvalue weighted by atomic mass is 35.5. The van der Waals surface area contributed by atoms with Crippen molar-refractivity contribution < 1.29 is 4.39 Å². The van der Waals surface area contributed by atoms with E-state index in [-0.39, 0.29) is 5.82 Å². The molecule has 0 amide bonds. The number of rotatable bonds is 6. The molecule has 1 fully saturated rings. The maximum absolute atomic E-state index is 13.9. The Morgan fingerprint density at radius 1 is 1.43 bits per heavy atom. The highest BCUT2D eigenvalue weighted by molar-refractivity contribution is 6.30. The van der Waals surface area contributed by atoms with Crippen molar-refractivity contribution in [2.45, 2.75) is 33.2 Å². The molecule has 0 spiro atoms. The third-order valence-corrected chi connectivity index (χ3v) is 4.23. The number of likely N-dealkylation sites (tertiary alicyclic amines) is 1. The fourth-order valence-corrected chi connectivity index (χ4v) is 3.09. The molecule has 1 heterocycles. The molecule has 1 saturated heterocycles. The van der Waals surface area contributed by atoms with Crippen molar-refractivity contribution >= 4 is 11.6 Å². The summed E-state index contributed by atoms with van der Waals surface area (Å²) in [6, 6.07) is 4.98. The fourth-order valence-electron chi connectivity index (χ4n) is 2.93. The topological polar surface area (TPSA) is 15.3 Å². The second-order valence-corrected chi connectivity index (χ2v) is 6.97. The van der Waals surface area contributed by atoms with Gasteiger partial charge in [-0.15, -0.1) is 0 Å². The van der Waals surface area contributed by atoms with E-state index in [1.807, 2.05) is 0 Å². The van der Waals surface area contributed by atoms with Crippen LogP contribution in [0.5, 0.6) is 0 Å². The molecule has 1 N–H and O–H groups in total. The number of piperidine rings is 1. The highest BCUT2D eigenvalue weighted by Gasteiger charge is 2.20. The molecule has 1 aromatic carbocycles. The first-order valence-corrected chi connectivity index (χ1v) is 8.29. The average Bonchev–Trinajstić information content (AvgIpc) is 2.42. The molecule has 0 aromatic heterocycles. The minimum atomic E-state index is -0.192. The standard InChI is InChI=1S/C17H26ClFN2/c1-13(2)9-20-10-14-4-3-7-21(11-14)12-15-5-6-16(18)8-17(15)19/h5-6,8,13-14,20H,3-4,7,9-12H2,1-2H3. The molecule has 118 valence electrons. The van der Waals surface area contributed by atoms with E-state index in [0.717, 1.165) is 31.7 Å². The van der Waals surface area contributed by atoms with Crippen molar-refractivity contribution in [3.8, 4) is 0 Å². The Morgan fingerprint density at radius 3 is 2.95 bits per heavy atom. The van der Waals surface area contributed by atoms with Gasteiger partial charge < -0.3 is 5.32 Å². The molecule has 2 rings (SSSR count). The van der Waals surface area contributed by atoms with E-state index in [1.165, 1.54) is 18.9 Å². The summed E-state index contributed by atoms with van der Waals surface area (Å²) in [5.74, 6) is 1.17. The molecule has 0 bridgehead atoms. The second kappa shape index (κ2) is 8.11. The van der Waals surface area contributed by atoms with Gasteiger partial charge >= 0.3 is 0 Å². The Labute approximate surface area is 132 Å². The zero-order chi connectivity index (χ0) is 15.2. The van der Waals surface area contributed by atoms with Crippen LogP contribution in [0.15, 0.2) is 18.2 Å². The lowest BCUT2D eigenvalue weighted by Crippen LogP contribution is -2.39. The summed E-state index contributed by atoms with van der Waals surface area (Å²) in [6.45, 7) is 9.38. The lowest BCUT2D eigenvalue weighted by molar-refractivity contribution is 0.163. The van der Waals surface area contributed by atoms with Gasteiger partial charge in [-0.2, -0.15) is 0 Å². The quantitative estimate of drug-likeness (QED) is 0.856. The zero-order valence-electron chi connectivity index (χ0n) is 13.0. The maximum Gasteiger partial charge on any atom is 0.129 e. The van der Waals surface area contributed by atoms with Crippen molar-refractivity contribution in [2.75, 3.05) is 26.2 Å². The van der Waals surface area contributed by atoms with E-state index in [4.69, 9.17) is 11.6 Å². The van der Waals surface area contributed by atoms with Crippen molar-refractivity contribution in [3.63, 3.8) is 0 Å². The molecular weight excluding hydrogens is 287 g/mol. The predicted molar refractivity (Wildman–Crippen MR) is 87.1 cm³/mol. The lowest BCUT2D eigenvalue weighted by atomic mass is 9.97. The third-order valence-electron chi connectivity index (χ3n) is 4.00. The number of halogens is 2. The molecular formula is C17H26ClFN2. The number of hydrogen-bond donors (Lipinski definition) is 1. The van der Waals surface area contributed by atoms with Crippen molar-refractivity contribution in [1.82, 2.24) is 10.2 Å². The van der Waals surface area contributed by atoms with Crippen LogP contribution in [0.2, 0.25) is 5.02 Å². The minimum absolute atomic E-state index is 0.192. The van der Waals surface area contributed by atoms with Crippen LogP contribution in [0.25, 0.3) is 0 Å². The Bertz CT molecular complexity index is 450. The molecule has 0 saturated carbocycles. The van der Waals surface area contributed by atoms with Crippen molar-refractivity contribution in [3.05, 3.63) is 34.6 Å². The van der Waals surface area contributed by atoms with Crippen LogP contribution in [0.4, 0.5) is 4.39 Å². The monoisotopic (exact) mass is 312 g/mol. The number of nitrogens with zero attached hydrogens (tertiary/aromatic N) is 1. The van der Waals surface area contributed by atoms with Crippen LogP contribution >= 0.6 is 11.6 Å². The predicted octanol–water partition coefficient (Wildman–Crippen LogP) is 3.94. The summed E-state index contributed by atoms with van der Waals surface area (Å²) in [7, 11) is 0. The Balaban J connectivity index is 1.83. The molecule has 1 aromatic rings. The summed E-state index contributed by atoms with van der Waals surface area (Å²) in [4.78, 5) is 2.36. The zero-order valence-corrected chi connectivity index (χ0v) is 13.8. The molecule has 4 heteroatoms. The van der Waals surface area contributed by atoms with E-state index >= 15 is 0 Å². The molecule has 0 aliphatic carbocycles. The smallest absolute Gasteiger partial charge is 0.129 e. The highest BCUT2D eigenvalue weighted by Crippen LogP contribution is 2.21. The lowest BCUT2D eigenvalue weighted by Gasteiger charge is -2.33. The maximum atomic E-state index is 13.9. The minimum Gasteiger partial charge on any atom is -0.316 e. The summed E-state index contributed by atoms with van der Waals surface area (Å²) < 4.78 is 13.9. The van der Waals surface area contributed by atoms with Gasteiger partial charge in [0.25, 0.3) is 0 Å². The van der Waals surface area contributed by atoms with E-state index in [0.29, 0.717) is 23.4 Å². The average molecular weight is 313 g/mol. The molecule has 1 atom stereocenters. The number of nitrogens with one attached hydrogen (secondary N) is 1. The normalized spacial score (nSPS) is 20.1. The molecule has 2 nitrogen and oxygen atoms in total.